The summed E-state index contributed by atoms with van der Waals surface area (Å²) in [4.78, 5) is 0. The van der Waals surface area contributed by atoms with Crippen LogP contribution in [0, 0.1) is 6.92 Å². The van der Waals surface area contributed by atoms with Crippen LogP contribution in [0.2, 0.25) is 0 Å². The van der Waals surface area contributed by atoms with E-state index in [9.17, 15) is 5.11 Å². The van der Waals surface area contributed by atoms with Gasteiger partial charge in [0.2, 0.25) is 0 Å². The van der Waals surface area contributed by atoms with E-state index in [-0.39, 0.29) is 11.8 Å². The van der Waals surface area contributed by atoms with E-state index in [0.29, 0.717) is 6.54 Å². The van der Waals surface area contributed by atoms with Gasteiger partial charge in [0.05, 0.1) is 0 Å². The van der Waals surface area contributed by atoms with Gasteiger partial charge in [-0.3, -0.25) is 0 Å². The lowest BCUT2D eigenvalue weighted by atomic mass is 10.1. The molecule has 3 nitrogen and oxygen atoms in total. The molecule has 0 bridgehead atoms. The predicted octanol–water partition coefficient (Wildman–Crippen LogP) is 0.659. The second-order valence-electron chi connectivity index (χ2n) is 2.89. The van der Waals surface area contributed by atoms with Crippen LogP contribution in [0.3, 0.4) is 0 Å². The Labute approximate surface area is 72.0 Å². The van der Waals surface area contributed by atoms with Crippen molar-refractivity contribution < 1.29 is 5.11 Å². The molecule has 3 heteroatoms. The molecule has 0 aliphatic carbocycles. The van der Waals surface area contributed by atoms with E-state index in [4.69, 9.17) is 11.5 Å². The van der Waals surface area contributed by atoms with Gasteiger partial charge < -0.3 is 16.6 Å². The van der Waals surface area contributed by atoms with Crippen LogP contribution in [0.1, 0.15) is 17.2 Å². The Hall–Kier alpha value is -1.06. The highest BCUT2D eigenvalue weighted by molar-refractivity contribution is 5.36. The number of benzene rings is 1. The Morgan fingerprint density at radius 3 is 2.67 bits per heavy atom. The fourth-order valence-corrected chi connectivity index (χ4v) is 0.993. The van der Waals surface area contributed by atoms with Gasteiger partial charge in [-0.1, -0.05) is 12.1 Å². The summed E-state index contributed by atoms with van der Waals surface area (Å²) in [5, 5.41) is 9.35. The molecule has 12 heavy (non-hydrogen) atoms. The molecule has 1 rings (SSSR count). The van der Waals surface area contributed by atoms with Crippen molar-refractivity contribution in [3.05, 3.63) is 29.3 Å². The normalized spacial score (nSPS) is 12.9. The highest BCUT2D eigenvalue weighted by Crippen LogP contribution is 2.20. The fourth-order valence-electron chi connectivity index (χ4n) is 0.993. The number of hydrogen-bond donors (Lipinski definition) is 3. The summed E-state index contributed by atoms with van der Waals surface area (Å²) in [5.74, 6) is 0.274. The number of aromatic hydroxyl groups is 1. The summed E-state index contributed by atoms with van der Waals surface area (Å²) in [7, 11) is 0. The summed E-state index contributed by atoms with van der Waals surface area (Å²) < 4.78 is 0. The highest BCUT2D eigenvalue weighted by Gasteiger charge is 2.04. The quantitative estimate of drug-likeness (QED) is 0.604. The van der Waals surface area contributed by atoms with E-state index in [0.717, 1.165) is 11.1 Å². The number of nitrogens with two attached hydrogens (primary N) is 2. The summed E-state index contributed by atoms with van der Waals surface area (Å²) in [6.45, 7) is 2.23. The van der Waals surface area contributed by atoms with E-state index < -0.39 is 0 Å². The van der Waals surface area contributed by atoms with Crippen molar-refractivity contribution in [1.29, 1.82) is 0 Å². The van der Waals surface area contributed by atoms with E-state index in [2.05, 4.69) is 0 Å². The minimum Gasteiger partial charge on any atom is -0.508 e. The number of phenolic OH excluding ortho intramolecular Hbond substituents is 1. The molecular weight excluding hydrogens is 152 g/mol. The highest BCUT2D eigenvalue weighted by atomic mass is 16.3. The molecule has 1 aromatic carbocycles. The number of aryl methyl sites for hydroxylation is 1. The second-order valence-corrected chi connectivity index (χ2v) is 2.89. The van der Waals surface area contributed by atoms with Crippen LogP contribution >= 0.6 is 0 Å². The van der Waals surface area contributed by atoms with Gasteiger partial charge in [0.25, 0.3) is 0 Å². The summed E-state index contributed by atoms with van der Waals surface area (Å²) in [6, 6.07) is 5.19. The topological polar surface area (TPSA) is 72.3 Å². The zero-order chi connectivity index (χ0) is 9.14. The maximum absolute atomic E-state index is 9.35. The molecule has 5 N–H and O–H groups in total. The molecule has 66 valence electrons. The first-order chi connectivity index (χ1) is 5.65. The molecule has 0 saturated carbocycles. The molecule has 0 radical (unpaired) electrons. The monoisotopic (exact) mass is 166 g/mol. The van der Waals surface area contributed by atoms with E-state index in [1.165, 1.54) is 0 Å². The Morgan fingerprint density at radius 2 is 2.17 bits per heavy atom. The second kappa shape index (κ2) is 3.56. The average molecular weight is 166 g/mol. The Bertz CT molecular complexity index is 273. The SMILES string of the molecule is Cc1ccc(C(N)CN)cc1O. The Kier molecular flexibility index (Phi) is 2.68. The van der Waals surface area contributed by atoms with Gasteiger partial charge in [0, 0.05) is 12.6 Å². The molecule has 1 unspecified atom stereocenters. The van der Waals surface area contributed by atoms with Gasteiger partial charge >= 0.3 is 0 Å². The van der Waals surface area contributed by atoms with Crippen LogP contribution in [0.15, 0.2) is 18.2 Å². The molecule has 0 aliphatic heterocycles. The molecule has 0 fully saturated rings. The molecule has 1 atom stereocenters. The van der Waals surface area contributed by atoms with Crippen LogP contribution in [-0.2, 0) is 0 Å². The lowest BCUT2D eigenvalue weighted by molar-refractivity contribution is 0.469. The van der Waals surface area contributed by atoms with Crippen molar-refractivity contribution in [2.45, 2.75) is 13.0 Å². The Morgan fingerprint density at radius 1 is 1.50 bits per heavy atom. The average Bonchev–Trinajstić information content (AvgIpc) is 2.08. The molecule has 0 heterocycles. The van der Waals surface area contributed by atoms with Gasteiger partial charge in [-0.05, 0) is 24.1 Å². The van der Waals surface area contributed by atoms with Crippen LogP contribution in [-0.4, -0.2) is 11.7 Å². The van der Waals surface area contributed by atoms with Crippen LogP contribution in [0.4, 0.5) is 0 Å². The number of phenols is 1. The maximum Gasteiger partial charge on any atom is 0.118 e. The van der Waals surface area contributed by atoms with E-state index in [1.807, 2.05) is 19.1 Å². The predicted molar refractivity (Wildman–Crippen MR) is 48.8 cm³/mol. The van der Waals surface area contributed by atoms with Crippen molar-refractivity contribution in [2.24, 2.45) is 11.5 Å². The van der Waals surface area contributed by atoms with E-state index in [1.54, 1.807) is 6.07 Å². The first-order valence-electron chi connectivity index (χ1n) is 3.90. The zero-order valence-corrected chi connectivity index (χ0v) is 7.12. The first kappa shape index (κ1) is 9.03. The largest absolute Gasteiger partial charge is 0.508 e. The minimum absolute atomic E-state index is 0.184. The summed E-state index contributed by atoms with van der Waals surface area (Å²) >= 11 is 0. The van der Waals surface area contributed by atoms with Crippen molar-refractivity contribution in [1.82, 2.24) is 0 Å². The van der Waals surface area contributed by atoms with Crippen LogP contribution < -0.4 is 11.5 Å². The van der Waals surface area contributed by atoms with Crippen molar-refractivity contribution >= 4 is 0 Å². The molecule has 0 spiro atoms. The molecular formula is C9H14N2O. The lowest BCUT2D eigenvalue weighted by Gasteiger charge is -2.09. The van der Waals surface area contributed by atoms with Crippen LogP contribution in [0.5, 0.6) is 5.75 Å². The third kappa shape index (κ3) is 1.75. The molecule has 1 aromatic rings. The lowest BCUT2D eigenvalue weighted by Crippen LogP contribution is -2.20. The van der Waals surface area contributed by atoms with Gasteiger partial charge in [-0.25, -0.2) is 0 Å². The third-order valence-electron chi connectivity index (χ3n) is 1.92. The molecule has 0 amide bonds. The van der Waals surface area contributed by atoms with Gasteiger partial charge in [-0.2, -0.15) is 0 Å². The number of hydrogen-bond acceptors (Lipinski definition) is 3. The molecule has 0 saturated heterocycles. The van der Waals surface area contributed by atoms with Crippen molar-refractivity contribution in [3.63, 3.8) is 0 Å². The Balaban J connectivity index is 2.96. The van der Waals surface area contributed by atoms with Gasteiger partial charge in [0.15, 0.2) is 0 Å². The molecule has 0 aliphatic rings. The van der Waals surface area contributed by atoms with Gasteiger partial charge in [-0.15, -0.1) is 0 Å². The molecule has 0 aromatic heterocycles. The number of rotatable bonds is 2. The van der Waals surface area contributed by atoms with E-state index >= 15 is 0 Å². The zero-order valence-electron chi connectivity index (χ0n) is 7.12. The smallest absolute Gasteiger partial charge is 0.118 e. The van der Waals surface area contributed by atoms with Crippen molar-refractivity contribution in [3.8, 4) is 5.75 Å². The summed E-state index contributed by atoms with van der Waals surface area (Å²) in [6.07, 6.45) is 0. The fraction of sp³-hybridized carbons (Fsp3) is 0.333. The minimum atomic E-state index is -0.184. The standard InChI is InChI=1S/C9H14N2O/c1-6-2-3-7(4-9(6)12)8(11)5-10/h2-4,8,12H,5,10-11H2,1H3. The van der Waals surface area contributed by atoms with Gasteiger partial charge in [0.1, 0.15) is 5.75 Å². The maximum atomic E-state index is 9.35. The summed E-state index contributed by atoms with van der Waals surface area (Å²) in [5.41, 5.74) is 12.8. The van der Waals surface area contributed by atoms with Crippen LogP contribution in [0.25, 0.3) is 0 Å². The third-order valence-corrected chi connectivity index (χ3v) is 1.92. The van der Waals surface area contributed by atoms with Crippen molar-refractivity contribution in [2.75, 3.05) is 6.54 Å². The first-order valence-corrected chi connectivity index (χ1v) is 3.90.